The zero-order valence-corrected chi connectivity index (χ0v) is 12.6. The summed E-state index contributed by atoms with van der Waals surface area (Å²) in [6.07, 6.45) is 3.09. The average Bonchev–Trinajstić information content (AvgIpc) is 2.97. The van der Waals surface area contributed by atoms with E-state index in [0.29, 0.717) is 0 Å². The first-order valence-electron chi connectivity index (χ1n) is 7.63. The van der Waals surface area contributed by atoms with Crippen LogP contribution in [0.2, 0.25) is 0 Å². The van der Waals surface area contributed by atoms with E-state index >= 15 is 0 Å². The van der Waals surface area contributed by atoms with Gasteiger partial charge in [0.05, 0.1) is 0 Å². The summed E-state index contributed by atoms with van der Waals surface area (Å²) >= 11 is 0. The van der Waals surface area contributed by atoms with E-state index in [1.54, 1.807) is 0 Å². The number of hydrogen-bond acceptors (Lipinski definition) is 5. The van der Waals surface area contributed by atoms with Crippen molar-refractivity contribution < 1.29 is 24.6 Å². The molecule has 0 bridgehead atoms. The van der Waals surface area contributed by atoms with E-state index in [1.807, 2.05) is 0 Å². The highest BCUT2D eigenvalue weighted by Gasteiger charge is 2.21. The molecular formula is C14H25N3O5. The molecule has 1 fully saturated rings. The van der Waals surface area contributed by atoms with Gasteiger partial charge in [0.2, 0.25) is 11.8 Å². The number of aliphatic carboxylic acids is 1. The maximum absolute atomic E-state index is 11.7. The molecule has 1 saturated carbocycles. The molecule has 0 aromatic rings. The topological polar surface area (TPSA) is 142 Å². The molecule has 2 unspecified atom stereocenters. The third-order valence-corrected chi connectivity index (χ3v) is 3.74. The van der Waals surface area contributed by atoms with Gasteiger partial charge in [-0.05, 0) is 25.7 Å². The smallest absolute Gasteiger partial charge is 0.320 e. The van der Waals surface area contributed by atoms with E-state index in [-0.39, 0.29) is 37.8 Å². The SMILES string of the molecule is NC(CCC(=O)NCCC(O)C(=O)NC1CCCC1)C(=O)O. The molecule has 0 aromatic heterocycles. The number of hydrogen-bond donors (Lipinski definition) is 5. The van der Waals surface area contributed by atoms with E-state index in [0.717, 1.165) is 25.7 Å². The molecule has 0 aromatic carbocycles. The van der Waals surface area contributed by atoms with Crippen molar-refractivity contribution in [2.24, 2.45) is 5.73 Å². The fourth-order valence-corrected chi connectivity index (χ4v) is 2.35. The fraction of sp³-hybridized carbons (Fsp3) is 0.786. The van der Waals surface area contributed by atoms with E-state index in [2.05, 4.69) is 10.6 Å². The number of amides is 2. The molecule has 8 nitrogen and oxygen atoms in total. The molecule has 1 rings (SSSR count). The maximum Gasteiger partial charge on any atom is 0.320 e. The lowest BCUT2D eigenvalue weighted by molar-refractivity contribution is -0.138. The minimum absolute atomic E-state index is 0.00215. The molecule has 1 aliphatic rings. The Morgan fingerprint density at radius 2 is 1.82 bits per heavy atom. The first-order valence-corrected chi connectivity index (χ1v) is 7.63. The summed E-state index contributed by atoms with van der Waals surface area (Å²) in [6.45, 7) is 0.153. The van der Waals surface area contributed by atoms with Crippen LogP contribution < -0.4 is 16.4 Å². The zero-order chi connectivity index (χ0) is 16.5. The molecular weight excluding hydrogens is 290 g/mol. The van der Waals surface area contributed by atoms with Gasteiger partial charge in [0.15, 0.2) is 0 Å². The number of aliphatic hydroxyl groups is 1. The second-order valence-corrected chi connectivity index (χ2v) is 5.63. The second kappa shape index (κ2) is 9.37. The number of carbonyl (C=O) groups excluding carboxylic acids is 2. The summed E-state index contributed by atoms with van der Waals surface area (Å²) in [5, 5.41) is 23.6. The van der Waals surface area contributed by atoms with E-state index in [1.165, 1.54) is 0 Å². The van der Waals surface area contributed by atoms with E-state index in [4.69, 9.17) is 10.8 Å². The molecule has 2 amide bonds. The minimum atomic E-state index is -1.15. The molecule has 0 radical (unpaired) electrons. The molecule has 0 spiro atoms. The van der Waals surface area contributed by atoms with Crippen LogP contribution in [-0.2, 0) is 14.4 Å². The number of nitrogens with two attached hydrogens (primary N) is 1. The Morgan fingerprint density at radius 1 is 1.18 bits per heavy atom. The van der Waals surface area contributed by atoms with Crippen molar-refractivity contribution >= 4 is 17.8 Å². The third kappa shape index (κ3) is 6.86. The number of carboxylic acids is 1. The normalized spacial score (nSPS) is 17.7. The predicted octanol–water partition coefficient (Wildman–Crippen LogP) is -0.895. The van der Waals surface area contributed by atoms with Crippen molar-refractivity contribution in [2.75, 3.05) is 6.54 Å². The van der Waals surface area contributed by atoms with Crippen LogP contribution in [0.4, 0.5) is 0 Å². The van der Waals surface area contributed by atoms with Crippen molar-refractivity contribution in [1.29, 1.82) is 0 Å². The van der Waals surface area contributed by atoms with Crippen LogP contribution in [0.3, 0.4) is 0 Å². The highest BCUT2D eigenvalue weighted by molar-refractivity contribution is 5.81. The van der Waals surface area contributed by atoms with Crippen molar-refractivity contribution in [3.63, 3.8) is 0 Å². The Labute approximate surface area is 129 Å². The minimum Gasteiger partial charge on any atom is -0.480 e. The highest BCUT2D eigenvalue weighted by atomic mass is 16.4. The number of carbonyl (C=O) groups is 3. The van der Waals surface area contributed by atoms with Gasteiger partial charge in [0, 0.05) is 19.0 Å². The Hall–Kier alpha value is -1.67. The predicted molar refractivity (Wildman–Crippen MR) is 78.9 cm³/mol. The molecule has 0 saturated heterocycles. The first-order chi connectivity index (χ1) is 10.4. The highest BCUT2D eigenvalue weighted by Crippen LogP contribution is 2.17. The van der Waals surface area contributed by atoms with Crippen LogP contribution in [0, 0.1) is 0 Å². The summed E-state index contributed by atoms with van der Waals surface area (Å²) in [5.74, 6) is -1.90. The van der Waals surface area contributed by atoms with Gasteiger partial charge in [-0.15, -0.1) is 0 Å². The fourth-order valence-electron chi connectivity index (χ4n) is 2.35. The van der Waals surface area contributed by atoms with Gasteiger partial charge in [-0.1, -0.05) is 12.8 Å². The Bertz CT molecular complexity index is 396. The lowest BCUT2D eigenvalue weighted by Crippen LogP contribution is -2.41. The second-order valence-electron chi connectivity index (χ2n) is 5.63. The summed E-state index contributed by atoms with van der Waals surface area (Å²) in [4.78, 5) is 33.7. The summed E-state index contributed by atoms with van der Waals surface area (Å²) in [6, 6.07) is -0.914. The summed E-state index contributed by atoms with van der Waals surface area (Å²) < 4.78 is 0. The van der Waals surface area contributed by atoms with Gasteiger partial charge < -0.3 is 26.6 Å². The van der Waals surface area contributed by atoms with Gasteiger partial charge in [0.25, 0.3) is 0 Å². The summed E-state index contributed by atoms with van der Waals surface area (Å²) in [5.41, 5.74) is 5.29. The van der Waals surface area contributed by atoms with Gasteiger partial charge in [-0.2, -0.15) is 0 Å². The number of aliphatic hydroxyl groups excluding tert-OH is 1. The summed E-state index contributed by atoms with van der Waals surface area (Å²) in [7, 11) is 0. The molecule has 126 valence electrons. The molecule has 8 heteroatoms. The third-order valence-electron chi connectivity index (χ3n) is 3.74. The maximum atomic E-state index is 11.7. The van der Waals surface area contributed by atoms with Crippen molar-refractivity contribution in [3.8, 4) is 0 Å². The Kier molecular flexibility index (Phi) is 7.83. The van der Waals surface area contributed by atoms with Crippen LogP contribution in [0.25, 0.3) is 0 Å². The Morgan fingerprint density at radius 3 is 2.41 bits per heavy atom. The largest absolute Gasteiger partial charge is 0.480 e. The number of rotatable bonds is 9. The number of nitrogens with one attached hydrogen (secondary N) is 2. The van der Waals surface area contributed by atoms with Crippen LogP contribution in [-0.4, -0.2) is 52.7 Å². The van der Waals surface area contributed by atoms with Gasteiger partial charge >= 0.3 is 5.97 Å². The standard InChI is InChI=1S/C14H25N3O5/c15-10(14(21)22)5-6-12(19)16-8-7-11(18)13(20)17-9-3-1-2-4-9/h9-11,18H,1-8,15H2,(H,16,19)(H,17,20)(H,21,22). The lowest BCUT2D eigenvalue weighted by atomic mass is 10.1. The lowest BCUT2D eigenvalue weighted by Gasteiger charge is -2.16. The molecule has 1 aliphatic carbocycles. The van der Waals surface area contributed by atoms with E-state index in [9.17, 15) is 19.5 Å². The quantitative estimate of drug-likeness (QED) is 0.373. The van der Waals surface area contributed by atoms with Gasteiger partial charge in [0.1, 0.15) is 12.1 Å². The van der Waals surface area contributed by atoms with Crippen molar-refractivity contribution in [3.05, 3.63) is 0 Å². The Balaban J connectivity index is 2.12. The van der Waals surface area contributed by atoms with Crippen LogP contribution in [0.15, 0.2) is 0 Å². The average molecular weight is 315 g/mol. The van der Waals surface area contributed by atoms with Crippen LogP contribution in [0.1, 0.15) is 44.9 Å². The first kappa shape index (κ1) is 18.4. The molecule has 0 aliphatic heterocycles. The van der Waals surface area contributed by atoms with Crippen molar-refractivity contribution in [1.82, 2.24) is 10.6 Å². The van der Waals surface area contributed by atoms with Gasteiger partial charge in [-0.3, -0.25) is 14.4 Å². The number of carboxylic acid groups (broad SMARTS) is 1. The van der Waals surface area contributed by atoms with E-state index < -0.39 is 24.0 Å². The van der Waals surface area contributed by atoms with Crippen molar-refractivity contribution in [2.45, 2.75) is 63.1 Å². The molecule has 2 atom stereocenters. The van der Waals surface area contributed by atoms with Crippen LogP contribution >= 0.6 is 0 Å². The van der Waals surface area contributed by atoms with Gasteiger partial charge in [-0.25, -0.2) is 0 Å². The zero-order valence-electron chi connectivity index (χ0n) is 12.6. The molecule has 22 heavy (non-hydrogen) atoms. The molecule has 6 N–H and O–H groups in total. The van der Waals surface area contributed by atoms with Crippen LogP contribution in [0.5, 0.6) is 0 Å². The monoisotopic (exact) mass is 315 g/mol. The molecule has 0 heterocycles.